The number of nitrogens with one attached hydrogen (secondary N) is 1. The summed E-state index contributed by atoms with van der Waals surface area (Å²) in [6, 6.07) is 5.00. The van der Waals surface area contributed by atoms with Gasteiger partial charge >= 0.3 is 0 Å². The van der Waals surface area contributed by atoms with Crippen LogP contribution in [0.2, 0.25) is 0 Å². The van der Waals surface area contributed by atoms with Crippen molar-refractivity contribution in [1.82, 2.24) is 15.1 Å². The highest BCUT2D eigenvalue weighted by molar-refractivity contribution is 9.10. The molecule has 0 aromatic carbocycles. The van der Waals surface area contributed by atoms with E-state index in [1.54, 1.807) is 11.3 Å². The summed E-state index contributed by atoms with van der Waals surface area (Å²) < 4.78 is 3.23. The molecular weight excluding hydrogens is 298 g/mol. The molecule has 0 amide bonds. The van der Waals surface area contributed by atoms with E-state index in [0.29, 0.717) is 0 Å². The van der Waals surface area contributed by atoms with Crippen molar-refractivity contribution in [3.05, 3.63) is 38.8 Å². The molecule has 0 atom stereocenters. The first kappa shape index (κ1) is 11.4. The molecule has 5 heteroatoms. The number of hydrogen-bond acceptors (Lipinski definition) is 3. The van der Waals surface area contributed by atoms with Gasteiger partial charge in [-0.1, -0.05) is 0 Å². The molecule has 2 aromatic heterocycles. The monoisotopic (exact) mass is 311 g/mol. The summed E-state index contributed by atoms with van der Waals surface area (Å²) in [5, 5.41) is 10.0. The second-order valence-corrected chi connectivity index (χ2v) is 6.28. The molecule has 0 saturated heterocycles. The summed E-state index contributed by atoms with van der Waals surface area (Å²) in [5.41, 5.74) is 1.27. The van der Waals surface area contributed by atoms with E-state index >= 15 is 0 Å². The molecule has 1 aliphatic rings. The van der Waals surface area contributed by atoms with Crippen LogP contribution in [0.1, 0.15) is 23.4 Å². The van der Waals surface area contributed by atoms with E-state index in [2.05, 4.69) is 48.5 Å². The van der Waals surface area contributed by atoms with Crippen molar-refractivity contribution in [2.45, 2.75) is 32.0 Å². The van der Waals surface area contributed by atoms with Crippen LogP contribution in [0.5, 0.6) is 0 Å². The van der Waals surface area contributed by atoms with Gasteiger partial charge in [0.05, 0.1) is 12.2 Å². The molecule has 17 heavy (non-hydrogen) atoms. The Balaban J connectivity index is 1.67. The molecule has 1 aliphatic carbocycles. The number of aromatic nitrogens is 2. The van der Waals surface area contributed by atoms with Crippen molar-refractivity contribution in [3.63, 3.8) is 0 Å². The summed E-state index contributed by atoms with van der Waals surface area (Å²) in [4.78, 5) is 1.33. The minimum absolute atomic E-state index is 0.745. The molecule has 90 valence electrons. The lowest BCUT2D eigenvalue weighted by Crippen LogP contribution is -2.18. The van der Waals surface area contributed by atoms with E-state index in [4.69, 9.17) is 0 Å². The molecule has 3 nitrogen and oxygen atoms in total. The number of halogens is 1. The molecule has 1 saturated carbocycles. The van der Waals surface area contributed by atoms with Crippen molar-refractivity contribution in [3.8, 4) is 0 Å². The maximum Gasteiger partial charge on any atom is 0.0756 e. The summed E-state index contributed by atoms with van der Waals surface area (Å²) >= 11 is 5.25. The van der Waals surface area contributed by atoms with E-state index in [9.17, 15) is 0 Å². The SMILES string of the molecule is Brc1csc(Cn2nccc2CNC2CC2)c1. The highest BCUT2D eigenvalue weighted by atomic mass is 79.9. The Morgan fingerprint density at radius 2 is 2.41 bits per heavy atom. The normalized spacial score (nSPS) is 15.4. The van der Waals surface area contributed by atoms with Crippen LogP contribution >= 0.6 is 27.3 Å². The minimum Gasteiger partial charge on any atom is -0.308 e. The second-order valence-electron chi connectivity index (χ2n) is 4.37. The maximum absolute atomic E-state index is 4.39. The Bertz CT molecular complexity index is 501. The Labute approximate surface area is 113 Å². The standard InChI is InChI=1S/C12H14BrN3S/c13-9-5-12(17-8-9)7-16-11(3-4-15-16)6-14-10-1-2-10/h3-5,8,10,14H,1-2,6-7H2. The fourth-order valence-corrected chi connectivity index (χ4v) is 3.21. The summed E-state index contributed by atoms with van der Waals surface area (Å²) in [5.74, 6) is 0. The molecular formula is C12H14BrN3S. The Kier molecular flexibility index (Phi) is 3.31. The zero-order chi connectivity index (χ0) is 11.7. The zero-order valence-electron chi connectivity index (χ0n) is 9.40. The highest BCUT2D eigenvalue weighted by Crippen LogP contribution is 2.21. The highest BCUT2D eigenvalue weighted by Gasteiger charge is 2.20. The third-order valence-electron chi connectivity index (χ3n) is 2.88. The Morgan fingerprint density at radius 3 is 3.12 bits per heavy atom. The van der Waals surface area contributed by atoms with Gasteiger partial charge < -0.3 is 5.32 Å². The quantitative estimate of drug-likeness (QED) is 0.920. The minimum atomic E-state index is 0.745. The Morgan fingerprint density at radius 1 is 1.53 bits per heavy atom. The van der Waals surface area contributed by atoms with E-state index in [-0.39, 0.29) is 0 Å². The molecule has 3 rings (SSSR count). The van der Waals surface area contributed by atoms with Gasteiger partial charge in [0.15, 0.2) is 0 Å². The average Bonchev–Trinajstić information content (AvgIpc) is 2.90. The first-order chi connectivity index (χ1) is 8.31. The lowest BCUT2D eigenvalue weighted by molar-refractivity contribution is 0.596. The molecule has 1 N–H and O–H groups in total. The third kappa shape index (κ3) is 2.97. The van der Waals surface area contributed by atoms with Crippen LogP contribution in [-0.2, 0) is 13.1 Å². The summed E-state index contributed by atoms with van der Waals surface area (Å²) in [7, 11) is 0. The molecule has 0 radical (unpaired) electrons. The van der Waals surface area contributed by atoms with Crippen molar-refractivity contribution in [1.29, 1.82) is 0 Å². The van der Waals surface area contributed by atoms with Crippen LogP contribution in [0.15, 0.2) is 28.2 Å². The van der Waals surface area contributed by atoms with Crippen molar-refractivity contribution < 1.29 is 0 Å². The molecule has 1 fully saturated rings. The largest absolute Gasteiger partial charge is 0.308 e. The van der Waals surface area contributed by atoms with Gasteiger partial charge in [0.1, 0.15) is 0 Å². The molecule has 0 spiro atoms. The topological polar surface area (TPSA) is 29.9 Å². The fourth-order valence-electron chi connectivity index (χ4n) is 1.77. The van der Waals surface area contributed by atoms with Crippen molar-refractivity contribution in [2.75, 3.05) is 0 Å². The first-order valence-corrected chi connectivity index (χ1v) is 7.45. The maximum atomic E-state index is 4.39. The van der Waals surface area contributed by atoms with Crippen molar-refractivity contribution in [2.24, 2.45) is 0 Å². The van der Waals surface area contributed by atoms with Gasteiger partial charge in [0.25, 0.3) is 0 Å². The number of rotatable bonds is 5. The third-order valence-corrected chi connectivity index (χ3v) is 4.56. The Hall–Kier alpha value is -0.650. The number of hydrogen-bond donors (Lipinski definition) is 1. The first-order valence-electron chi connectivity index (χ1n) is 5.78. The van der Waals surface area contributed by atoms with E-state index < -0.39 is 0 Å². The number of thiophene rings is 1. The van der Waals surface area contributed by atoms with Gasteiger partial charge in [-0.2, -0.15) is 5.10 Å². The van der Waals surface area contributed by atoms with Gasteiger partial charge in [-0.05, 0) is 40.9 Å². The fraction of sp³-hybridized carbons (Fsp3) is 0.417. The summed E-state index contributed by atoms with van der Waals surface area (Å²) in [6.07, 6.45) is 4.53. The van der Waals surface area contributed by atoms with E-state index in [1.165, 1.54) is 23.4 Å². The summed E-state index contributed by atoms with van der Waals surface area (Å²) in [6.45, 7) is 1.79. The zero-order valence-corrected chi connectivity index (χ0v) is 11.8. The molecule has 0 bridgehead atoms. The van der Waals surface area contributed by atoms with Crippen molar-refractivity contribution >= 4 is 27.3 Å². The van der Waals surface area contributed by atoms with Gasteiger partial charge in [-0.25, -0.2) is 0 Å². The predicted octanol–water partition coefficient (Wildman–Crippen LogP) is 3.01. The van der Waals surface area contributed by atoms with Gasteiger partial charge in [0.2, 0.25) is 0 Å². The van der Waals surface area contributed by atoms with Crippen LogP contribution in [0.3, 0.4) is 0 Å². The molecule has 2 heterocycles. The van der Waals surface area contributed by atoms with Crippen LogP contribution in [-0.4, -0.2) is 15.8 Å². The number of nitrogens with zero attached hydrogens (tertiary/aromatic N) is 2. The van der Waals surface area contributed by atoms with Crippen LogP contribution in [0.25, 0.3) is 0 Å². The molecule has 0 aliphatic heterocycles. The predicted molar refractivity (Wildman–Crippen MR) is 73.2 cm³/mol. The van der Waals surface area contributed by atoms with Gasteiger partial charge in [-0.3, -0.25) is 4.68 Å². The van der Waals surface area contributed by atoms with Crippen LogP contribution in [0.4, 0.5) is 0 Å². The smallest absolute Gasteiger partial charge is 0.0756 e. The molecule has 0 unspecified atom stereocenters. The lowest BCUT2D eigenvalue weighted by Gasteiger charge is -2.06. The van der Waals surface area contributed by atoms with E-state index in [0.717, 1.165) is 23.6 Å². The van der Waals surface area contributed by atoms with Crippen LogP contribution < -0.4 is 5.32 Å². The van der Waals surface area contributed by atoms with Gasteiger partial charge in [0, 0.05) is 33.5 Å². The van der Waals surface area contributed by atoms with Crippen LogP contribution in [0, 0.1) is 0 Å². The lowest BCUT2D eigenvalue weighted by atomic mass is 10.4. The molecule has 2 aromatic rings. The van der Waals surface area contributed by atoms with Gasteiger partial charge in [-0.15, -0.1) is 11.3 Å². The van der Waals surface area contributed by atoms with E-state index in [1.807, 2.05) is 6.20 Å². The average molecular weight is 312 g/mol. The second kappa shape index (κ2) is 4.92.